The van der Waals surface area contributed by atoms with Crippen LogP contribution in [0.25, 0.3) is 10.8 Å². The third kappa shape index (κ3) is 3.44. The van der Waals surface area contributed by atoms with Crippen molar-refractivity contribution in [2.75, 3.05) is 6.54 Å². The van der Waals surface area contributed by atoms with E-state index in [0.717, 1.165) is 16.3 Å². The van der Waals surface area contributed by atoms with Crippen LogP contribution in [0.5, 0.6) is 0 Å². The molecule has 0 aliphatic carbocycles. The molecule has 1 nitrogen and oxygen atoms in total. The minimum atomic E-state index is -3.99. The quantitative estimate of drug-likeness (QED) is 0.815. The summed E-state index contributed by atoms with van der Waals surface area (Å²) >= 11 is 0. The number of halogens is 4. The van der Waals surface area contributed by atoms with Crippen LogP contribution in [0.3, 0.4) is 0 Å². The normalized spacial score (nSPS) is 12.3. The van der Waals surface area contributed by atoms with Crippen molar-refractivity contribution in [2.24, 2.45) is 0 Å². The maximum Gasteiger partial charge on any atom is 0.319 e. The molecule has 0 amide bonds. The molecule has 2 rings (SSSR count). The lowest BCUT2D eigenvalue weighted by Crippen LogP contribution is -2.38. The van der Waals surface area contributed by atoms with Gasteiger partial charge in [0.15, 0.2) is 0 Å². The molecule has 0 heterocycles. The SMILES string of the molecule is FC(F)C(F)(F)CNCc1ccc2ccccc2c1. The Morgan fingerprint density at radius 2 is 1.68 bits per heavy atom. The summed E-state index contributed by atoms with van der Waals surface area (Å²) in [5.41, 5.74) is 0.781. The van der Waals surface area contributed by atoms with Crippen molar-refractivity contribution < 1.29 is 17.6 Å². The van der Waals surface area contributed by atoms with Crippen LogP contribution in [0.2, 0.25) is 0 Å². The minimum Gasteiger partial charge on any atom is -0.307 e. The van der Waals surface area contributed by atoms with E-state index in [1.807, 2.05) is 36.4 Å². The van der Waals surface area contributed by atoms with Crippen molar-refractivity contribution in [3.05, 3.63) is 48.0 Å². The number of hydrogen-bond acceptors (Lipinski definition) is 1. The molecule has 2 aromatic carbocycles. The molecule has 0 aliphatic rings. The van der Waals surface area contributed by atoms with E-state index in [2.05, 4.69) is 5.32 Å². The van der Waals surface area contributed by atoms with Crippen molar-refractivity contribution in [3.8, 4) is 0 Å². The van der Waals surface area contributed by atoms with Gasteiger partial charge in [0.05, 0.1) is 6.54 Å². The Labute approximate surface area is 108 Å². The lowest BCUT2D eigenvalue weighted by molar-refractivity contribution is -0.125. The number of rotatable bonds is 5. The molecule has 0 bridgehead atoms. The van der Waals surface area contributed by atoms with Gasteiger partial charge in [-0.2, -0.15) is 8.78 Å². The van der Waals surface area contributed by atoms with Crippen molar-refractivity contribution in [1.29, 1.82) is 0 Å². The Bertz CT molecular complexity index is 554. The first-order valence-electron chi connectivity index (χ1n) is 5.83. The molecule has 0 aromatic heterocycles. The molecule has 0 aliphatic heterocycles. The Morgan fingerprint density at radius 3 is 2.37 bits per heavy atom. The smallest absolute Gasteiger partial charge is 0.307 e. The van der Waals surface area contributed by atoms with Crippen LogP contribution in [-0.4, -0.2) is 18.9 Å². The van der Waals surface area contributed by atoms with Crippen LogP contribution in [-0.2, 0) is 6.54 Å². The van der Waals surface area contributed by atoms with Gasteiger partial charge in [0.2, 0.25) is 0 Å². The summed E-state index contributed by atoms with van der Waals surface area (Å²) in [5.74, 6) is -3.99. The largest absolute Gasteiger partial charge is 0.319 e. The molecule has 0 saturated carbocycles. The second kappa shape index (κ2) is 5.57. The van der Waals surface area contributed by atoms with Crippen molar-refractivity contribution in [2.45, 2.75) is 18.9 Å². The maximum absolute atomic E-state index is 12.7. The lowest BCUT2D eigenvalue weighted by Gasteiger charge is -2.15. The van der Waals surface area contributed by atoms with Gasteiger partial charge in [0.1, 0.15) is 0 Å². The van der Waals surface area contributed by atoms with Gasteiger partial charge in [-0.1, -0.05) is 36.4 Å². The average Bonchev–Trinajstić information content (AvgIpc) is 2.38. The maximum atomic E-state index is 12.7. The summed E-state index contributed by atoms with van der Waals surface area (Å²) in [6, 6.07) is 13.1. The van der Waals surface area contributed by atoms with Gasteiger partial charge in [-0.15, -0.1) is 0 Å². The van der Waals surface area contributed by atoms with E-state index in [9.17, 15) is 17.6 Å². The standard InChI is InChI=1S/C14H13F4N/c15-13(16)14(17,18)9-19-8-10-5-6-11-3-1-2-4-12(11)7-10/h1-7,13,19H,8-9H2. The fourth-order valence-corrected chi connectivity index (χ4v) is 1.80. The van der Waals surface area contributed by atoms with Crippen LogP contribution in [0.1, 0.15) is 5.56 Å². The molecular formula is C14H13F4N. The summed E-state index contributed by atoms with van der Waals surface area (Å²) in [5, 5.41) is 4.39. The topological polar surface area (TPSA) is 12.0 Å². The zero-order valence-electron chi connectivity index (χ0n) is 10.0. The number of alkyl halides is 4. The van der Waals surface area contributed by atoms with E-state index < -0.39 is 18.9 Å². The predicted molar refractivity (Wildman–Crippen MR) is 66.6 cm³/mol. The van der Waals surface area contributed by atoms with E-state index >= 15 is 0 Å². The predicted octanol–water partition coefficient (Wildman–Crippen LogP) is 3.83. The number of benzene rings is 2. The van der Waals surface area contributed by atoms with E-state index in [4.69, 9.17) is 0 Å². The Hall–Kier alpha value is -1.62. The highest BCUT2D eigenvalue weighted by Crippen LogP contribution is 2.22. The summed E-state index contributed by atoms with van der Waals surface area (Å²) in [4.78, 5) is 0. The molecule has 0 fully saturated rings. The van der Waals surface area contributed by atoms with Gasteiger partial charge < -0.3 is 5.32 Å². The molecule has 0 unspecified atom stereocenters. The van der Waals surface area contributed by atoms with Crippen LogP contribution in [0.15, 0.2) is 42.5 Å². The highest BCUT2D eigenvalue weighted by atomic mass is 19.3. The van der Waals surface area contributed by atoms with Crippen LogP contribution in [0, 0.1) is 0 Å². The first-order valence-corrected chi connectivity index (χ1v) is 5.83. The Kier molecular flexibility index (Phi) is 4.04. The molecule has 19 heavy (non-hydrogen) atoms. The van der Waals surface area contributed by atoms with E-state index in [-0.39, 0.29) is 6.54 Å². The molecule has 0 radical (unpaired) electrons. The van der Waals surface area contributed by atoms with E-state index in [1.54, 1.807) is 6.07 Å². The highest BCUT2D eigenvalue weighted by molar-refractivity contribution is 5.82. The third-order valence-electron chi connectivity index (χ3n) is 2.82. The van der Waals surface area contributed by atoms with Crippen molar-refractivity contribution in [1.82, 2.24) is 5.32 Å². The van der Waals surface area contributed by atoms with Gasteiger partial charge in [-0.25, -0.2) is 8.78 Å². The van der Waals surface area contributed by atoms with Crippen molar-refractivity contribution >= 4 is 10.8 Å². The zero-order valence-corrected chi connectivity index (χ0v) is 10.0. The highest BCUT2D eigenvalue weighted by Gasteiger charge is 2.39. The van der Waals surface area contributed by atoms with Crippen LogP contribution >= 0.6 is 0 Å². The zero-order chi connectivity index (χ0) is 13.9. The van der Waals surface area contributed by atoms with Gasteiger partial charge in [0.25, 0.3) is 0 Å². The molecule has 102 valence electrons. The molecule has 0 spiro atoms. The van der Waals surface area contributed by atoms with Crippen LogP contribution < -0.4 is 5.32 Å². The van der Waals surface area contributed by atoms with E-state index in [0.29, 0.717) is 0 Å². The number of nitrogens with one attached hydrogen (secondary N) is 1. The molecule has 1 N–H and O–H groups in total. The van der Waals surface area contributed by atoms with Gasteiger partial charge >= 0.3 is 12.3 Å². The summed E-state index contributed by atoms with van der Waals surface area (Å²) in [7, 11) is 0. The third-order valence-corrected chi connectivity index (χ3v) is 2.82. The summed E-state index contributed by atoms with van der Waals surface area (Å²) in [6.45, 7) is -0.898. The minimum absolute atomic E-state index is 0.132. The van der Waals surface area contributed by atoms with Crippen molar-refractivity contribution in [3.63, 3.8) is 0 Å². The van der Waals surface area contributed by atoms with Gasteiger partial charge in [-0.05, 0) is 22.4 Å². The fourth-order valence-electron chi connectivity index (χ4n) is 1.80. The first-order chi connectivity index (χ1) is 8.99. The second-order valence-electron chi connectivity index (χ2n) is 4.35. The number of fused-ring (bicyclic) bond motifs is 1. The molecule has 0 atom stereocenters. The van der Waals surface area contributed by atoms with Crippen LogP contribution in [0.4, 0.5) is 17.6 Å². The first kappa shape index (κ1) is 13.8. The second-order valence-corrected chi connectivity index (χ2v) is 4.35. The Balaban J connectivity index is 1.98. The summed E-state index contributed by atoms with van der Waals surface area (Å²) < 4.78 is 49.3. The molecule has 5 heteroatoms. The van der Waals surface area contributed by atoms with Gasteiger partial charge in [-0.3, -0.25) is 0 Å². The average molecular weight is 271 g/mol. The molecule has 0 saturated heterocycles. The molecular weight excluding hydrogens is 258 g/mol. The number of hydrogen-bond donors (Lipinski definition) is 1. The summed E-state index contributed by atoms with van der Waals surface area (Å²) in [6.07, 6.45) is -3.64. The molecule has 2 aromatic rings. The Morgan fingerprint density at radius 1 is 1.00 bits per heavy atom. The van der Waals surface area contributed by atoms with Gasteiger partial charge in [0, 0.05) is 6.54 Å². The fraction of sp³-hybridized carbons (Fsp3) is 0.286. The lowest BCUT2D eigenvalue weighted by atomic mass is 10.1. The van der Waals surface area contributed by atoms with E-state index in [1.165, 1.54) is 0 Å². The monoisotopic (exact) mass is 271 g/mol.